The molecule has 3 heterocycles. The van der Waals surface area contributed by atoms with Crippen LogP contribution in [0.3, 0.4) is 0 Å². The Bertz CT molecular complexity index is 528. The van der Waals surface area contributed by atoms with Crippen LogP contribution in [0.2, 0.25) is 0 Å². The van der Waals surface area contributed by atoms with E-state index in [0.717, 1.165) is 25.1 Å². The minimum Gasteiger partial charge on any atom is -0.329 e. The van der Waals surface area contributed by atoms with Crippen molar-refractivity contribution in [3.05, 3.63) is 40.9 Å². The van der Waals surface area contributed by atoms with E-state index in [4.69, 9.17) is 0 Å². The average Bonchev–Trinajstić information content (AvgIpc) is 3.10. The second-order valence-corrected chi connectivity index (χ2v) is 4.88. The van der Waals surface area contributed by atoms with Gasteiger partial charge in [-0.15, -0.1) is 11.3 Å². The van der Waals surface area contributed by atoms with Crippen LogP contribution in [0.4, 0.5) is 0 Å². The molecule has 18 heavy (non-hydrogen) atoms. The summed E-state index contributed by atoms with van der Waals surface area (Å²) < 4.78 is 0. The third kappa shape index (κ3) is 1.99. The maximum absolute atomic E-state index is 12.3. The molecule has 0 N–H and O–H groups in total. The number of aromatic nitrogens is 3. The fourth-order valence-electron chi connectivity index (χ4n) is 2.27. The molecule has 6 heteroatoms. The molecule has 3 rings (SSSR count). The molecule has 0 radical (unpaired) electrons. The topological polar surface area (TPSA) is 59.0 Å². The van der Waals surface area contributed by atoms with Crippen molar-refractivity contribution in [2.75, 3.05) is 6.54 Å². The molecule has 1 aliphatic heterocycles. The summed E-state index contributed by atoms with van der Waals surface area (Å²) in [4.78, 5) is 26.6. The van der Waals surface area contributed by atoms with Gasteiger partial charge in [0.05, 0.1) is 23.4 Å². The van der Waals surface area contributed by atoms with Gasteiger partial charge in [0.15, 0.2) is 0 Å². The monoisotopic (exact) mass is 260 g/mol. The highest BCUT2D eigenvalue weighted by Gasteiger charge is 2.32. The fourth-order valence-corrected chi connectivity index (χ4v) is 2.79. The maximum Gasteiger partial charge on any atom is 0.273 e. The van der Waals surface area contributed by atoms with E-state index < -0.39 is 0 Å². The Morgan fingerprint density at radius 1 is 1.39 bits per heavy atom. The number of carbonyl (C=O) groups is 1. The lowest BCUT2D eigenvalue weighted by Crippen LogP contribution is -2.31. The lowest BCUT2D eigenvalue weighted by atomic mass is 10.1. The summed E-state index contributed by atoms with van der Waals surface area (Å²) in [6, 6.07) is 0.0351. The molecule has 2 aromatic rings. The van der Waals surface area contributed by atoms with E-state index in [1.165, 1.54) is 11.3 Å². The van der Waals surface area contributed by atoms with E-state index in [2.05, 4.69) is 15.0 Å². The second-order valence-electron chi connectivity index (χ2n) is 4.16. The Morgan fingerprint density at radius 2 is 2.33 bits per heavy atom. The number of hydrogen-bond donors (Lipinski definition) is 0. The van der Waals surface area contributed by atoms with Gasteiger partial charge in [-0.3, -0.25) is 14.8 Å². The quantitative estimate of drug-likeness (QED) is 0.827. The second kappa shape index (κ2) is 4.81. The van der Waals surface area contributed by atoms with Crippen molar-refractivity contribution in [2.24, 2.45) is 0 Å². The van der Waals surface area contributed by atoms with Crippen molar-refractivity contribution in [2.45, 2.75) is 18.9 Å². The normalized spacial score (nSPS) is 19.1. The lowest BCUT2D eigenvalue weighted by Gasteiger charge is -2.23. The first-order chi connectivity index (χ1) is 8.86. The molecule has 0 saturated carbocycles. The van der Waals surface area contributed by atoms with E-state index in [1.807, 2.05) is 4.90 Å². The molecular weight excluding hydrogens is 248 g/mol. The molecule has 5 nitrogen and oxygen atoms in total. The number of rotatable bonds is 2. The molecule has 92 valence electrons. The van der Waals surface area contributed by atoms with Crippen molar-refractivity contribution in [3.8, 4) is 0 Å². The van der Waals surface area contributed by atoms with Gasteiger partial charge in [0.2, 0.25) is 0 Å². The number of likely N-dealkylation sites (tertiary alicyclic amines) is 1. The third-order valence-corrected chi connectivity index (χ3v) is 3.68. The maximum atomic E-state index is 12.3. The summed E-state index contributed by atoms with van der Waals surface area (Å²) >= 11 is 1.44. The Labute approximate surface area is 109 Å². The van der Waals surface area contributed by atoms with Crippen LogP contribution in [-0.2, 0) is 0 Å². The predicted octanol–water partition coefficient (Wildman–Crippen LogP) is 1.91. The Hall–Kier alpha value is -1.82. The molecule has 1 aliphatic rings. The van der Waals surface area contributed by atoms with Crippen molar-refractivity contribution in [3.63, 3.8) is 0 Å². The van der Waals surface area contributed by atoms with Crippen LogP contribution in [-0.4, -0.2) is 32.3 Å². The van der Waals surface area contributed by atoms with Gasteiger partial charge in [-0.05, 0) is 12.8 Å². The highest BCUT2D eigenvalue weighted by atomic mass is 32.1. The number of amides is 1. The first-order valence-electron chi connectivity index (χ1n) is 5.81. The predicted molar refractivity (Wildman–Crippen MR) is 67.2 cm³/mol. The van der Waals surface area contributed by atoms with E-state index >= 15 is 0 Å². The standard InChI is InChI=1S/C12H12N4OS/c17-12(10-7-18-8-15-10)16-5-1-2-11(16)9-6-13-3-4-14-9/h3-4,6-8,11H,1-2,5H2. The molecule has 2 aromatic heterocycles. The van der Waals surface area contributed by atoms with Gasteiger partial charge >= 0.3 is 0 Å². The lowest BCUT2D eigenvalue weighted by molar-refractivity contribution is 0.0727. The Morgan fingerprint density at radius 3 is 3.06 bits per heavy atom. The molecule has 0 bridgehead atoms. The Kier molecular flexibility index (Phi) is 3.02. The summed E-state index contributed by atoms with van der Waals surface area (Å²) in [6.07, 6.45) is 6.98. The van der Waals surface area contributed by atoms with Crippen molar-refractivity contribution in [1.29, 1.82) is 0 Å². The van der Waals surface area contributed by atoms with E-state index in [1.54, 1.807) is 29.5 Å². The molecule has 0 aromatic carbocycles. The summed E-state index contributed by atoms with van der Waals surface area (Å²) in [5.74, 6) is -0.00981. The zero-order valence-electron chi connectivity index (χ0n) is 9.69. The zero-order valence-corrected chi connectivity index (χ0v) is 10.5. The fraction of sp³-hybridized carbons (Fsp3) is 0.333. The van der Waals surface area contributed by atoms with Gasteiger partial charge in [-0.2, -0.15) is 0 Å². The highest BCUT2D eigenvalue weighted by molar-refractivity contribution is 7.07. The van der Waals surface area contributed by atoms with Crippen molar-refractivity contribution >= 4 is 17.2 Å². The SMILES string of the molecule is O=C(c1cscn1)N1CCCC1c1cnccn1. The number of nitrogens with zero attached hydrogens (tertiary/aromatic N) is 4. The molecular formula is C12H12N4OS. The first-order valence-corrected chi connectivity index (χ1v) is 6.75. The van der Waals surface area contributed by atoms with Crippen LogP contribution in [0.15, 0.2) is 29.5 Å². The van der Waals surface area contributed by atoms with Gasteiger partial charge in [0.1, 0.15) is 5.69 Å². The molecule has 1 fully saturated rings. The highest BCUT2D eigenvalue weighted by Crippen LogP contribution is 2.31. The minimum atomic E-state index is -0.00981. The van der Waals surface area contributed by atoms with E-state index in [9.17, 15) is 4.79 Å². The summed E-state index contributed by atoms with van der Waals surface area (Å²) in [7, 11) is 0. The summed E-state index contributed by atoms with van der Waals surface area (Å²) in [5.41, 5.74) is 3.06. The molecule has 0 aliphatic carbocycles. The van der Waals surface area contributed by atoms with Crippen LogP contribution in [0.5, 0.6) is 0 Å². The van der Waals surface area contributed by atoms with E-state index in [0.29, 0.717) is 5.69 Å². The molecule has 1 amide bonds. The largest absolute Gasteiger partial charge is 0.329 e. The van der Waals surface area contributed by atoms with Crippen LogP contribution in [0.1, 0.15) is 35.1 Å². The van der Waals surface area contributed by atoms with Gasteiger partial charge in [-0.25, -0.2) is 4.98 Å². The summed E-state index contributed by atoms with van der Waals surface area (Å²) in [5, 5.41) is 1.79. The smallest absolute Gasteiger partial charge is 0.273 e. The molecule has 0 spiro atoms. The Balaban J connectivity index is 1.86. The van der Waals surface area contributed by atoms with Crippen LogP contribution >= 0.6 is 11.3 Å². The van der Waals surface area contributed by atoms with Gasteiger partial charge < -0.3 is 4.90 Å². The molecule has 1 atom stereocenters. The average molecular weight is 260 g/mol. The van der Waals surface area contributed by atoms with Crippen molar-refractivity contribution in [1.82, 2.24) is 19.9 Å². The van der Waals surface area contributed by atoms with Gasteiger partial charge in [0, 0.05) is 24.3 Å². The van der Waals surface area contributed by atoms with Gasteiger partial charge in [-0.1, -0.05) is 0 Å². The number of carbonyl (C=O) groups excluding carboxylic acids is 1. The van der Waals surface area contributed by atoms with E-state index in [-0.39, 0.29) is 11.9 Å². The number of thiazole rings is 1. The zero-order chi connectivity index (χ0) is 12.4. The van der Waals surface area contributed by atoms with Gasteiger partial charge in [0.25, 0.3) is 5.91 Å². The number of hydrogen-bond acceptors (Lipinski definition) is 5. The van der Waals surface area contributed by atoms with Crippen LogP contribution in [0, 0.1) is 0 Å². The van der Waals surface area contributed by atoms with Crippen LogP contribution in [0.25, 0.3) is 0 Å². The first kappa shape index (κ1) is 11.3. The molecule has 1 saturated heterocycles. The van der Waals surface area contributed by atoms with Crippen molar-refractivity contribution < 1.29 is 4.79 Å². The summed E-state index contributed by atoms with van der Waals surface area (Å²) in [6.45, 7) is 0.762. The molecule has 1 unspecified atom stereocenters. The third-order valence-electron chi connectivity index (χ3n) is 3.09. The van der Waals surface area contributed by atoms with Crippen LogP contribution < -0.4 is 0 Å². The minimum absolute atomic E-state index is 0.00981.